The summed E-state index contributed by atoms with van der Waals surface area (Å²) in [6, 6.07) is 0. The highest BCUT2D eigenvalue weighted by molar-refractivity contribution is 5.92. The number of methoxy groups -OCH3 is 1. The number of nitrogens with zero attached hydrogens (tertiary/aromatic N) is 4. The van der Waals surface area contributed by atoms with Gasteiger partial charge in [0.15, 0.2) is 0 Å². The molecule has 0 aromatic carbocycles. The lowest BCUT2D eigenvalue weighted by molar-refractivity contribution is -0.143. The number of hydrogen-bond donors (Lipinski definition) is 1. The van der Waals surface area contributed by atoms with Crippen molar-refractivity contribution in [2.75, 3.05) is 33.4 Å². The van der Waals surface area contributed by atoms with Gasteiger partial charge in [-0.1, -0.05) is 0 Å². The first-order chi connectivity index (χ1) is 8.69. The van der Waals surface area contributed by atoms with Crippen LogP contribution in [0, 0.1) is 0 Å². The summed E-state index contributed by atoms with van der Waals surface area (Å²) in [5, 5.41) is 12.6. The summed E-state index contributed by atoms with van der Waals surface area (Å²) >= 11 is 0. The van der Waals surface area contributed by atoms with Gasteiger partial charge in [0.25, 0.3) is 11.7 Å². The zero-order chi connectivity index (χ0) is 13.4. The Hall–Kier alpha value is -2.03. The number of rotatable bonds is 7. The van der Waals surface area contributed by atoms with Crippen LogP contribution in [0.15, 0.2) is 0 Å². The normalized spacial score (nSPS) is 10.1. The molecular formula is C9H15N5O4. The highest BCUT2D eigenvalue weighted by atomic mass is 16.5. The van der Waals surface area contributed by atoms with Gasteiger partial charge in [-0.2, -0.15) is 5.21 Å². The van der Waals surface area contributed by atoms with Crippen molar-refractivity contribution >= 4 is 11.9 Å². The summed E-state index contributed by atoms with van der Waals surface area (Å²) in [7, 11) is 1.50. The largest absolute Gasteiger partial charge is 0.465 e. The van der Waals surface area contributed by atoms with Crippen LogP contribution in [-0.4, -0.2) is 70.8 Å². The first-order valence-corrected chi connectivity index (χ1v) is 5.36. The van der Waals surface area contributed by atoms with Crippen LogP contribution in [0.2, 0.25) is 0 Å². The number of aromatic amines is 1. The van der Waals surface area contributed by atoms with Crippen molar-refractivity contribution in [2.45, 2.75) is 6.92 Å². The number of hydrogen-bond acceptors (Lipinski definition) is 7. The summed E-state index contributed by atoms with van der Waals surface area (Å²) in [5.41, 5.74) is 0. The maximum absolute atomic E-state index is 11.9. The van der Waals surface area contributed by atoms with Crippen LogP contribution < -0.4 is 0 Å². The van der Waals surface area contributed by atoms with E-state index in [0.717, 1.165) is 0 Å². The molecule has 1 amide bonds. The van der Waals surface area contributed by atoms with E-state index in [9.17, 15) is 9.59 Å². The number of H-pyrrole nitrogens is 1. The van der Waals surface area contributed by atoms with Crippen molar-refractivity contribution in [3.8, 4) is 0 Å². The average Bonchev–Trinajstić information content (AvgIpc) is 2.87. The average molecular weight is 257 g/mol. The number of tetrazole rings is 1. The molecule has 0 fully saturated rings. The smallest absolute Gasteiger partial charge is 0.325 e. The fraction of sp³-hybridized carbons (Fsp3) is 0.667. The Morgan fingerprint density at radius 2 is 2.22 bits per heavy atom. The minimum atomic E-state index is -0.506. The Morgan fingerprint density at radius 3 is 2.78 bits per heavy atom. The van der Waals surface area contributed by atoms with Gasteiger partial charge in [0.05, 0.1) is 13.2 Å². The van der Waals surface area contributed by atoms with Gasteiger partial charge in [0.2, 0.25) is 0 Å². The summed E-state index contributed by atoms with van der Waals surface area (Å²) < 4.78 is 9.65. The van der Waals surface area contributed by atoms with E-state index < -0.39 is 11.9 Å². The minimum Gasteiger partial charge on any atom is -0.465 e. The summed E-state index contributed by atoms with van der Waals surface area (Å²) in [5.74, 6) is -1.10. The molecule has 0 spiro atoms. The van der Waals surface area contributed by atoms with Gasteiger partial charge in [-0.05, 0) is 12.1 Å². The molecule has 0 bridgehead atoms. The molecule has 1 rings (SSSR count). The van der Waals surface area contributed by atoms with E-state index in [2.05, 4.69) is 20.6 Å². The van der Waals surface area contributed by atoms with Crippen LogP contribution >= 0.6 is 0 Å². The number of esters is 1. The second kappa shape index (κ2) is 7.33. The molecule has 0 aliphatic carbocycles. The first-order valence-electron chi connectivity index (χ1n) is 5.36. The van der Waals surface area contributed by atoms with Gasteiger partial charge in [-0.25, -0.2) is 0 Å². The molecule has 9 nitrogen and oxygen atoms in total. The van der Waals surface area contributed by atoms with E-state index in [0.29, 0.717) is 6.61 Å². The van der Waals surface area contributed by atoms with Crippen LogP contribution in [-0.2, 0) is 14.3 Å². The SMILES string of the molecule is CCOC(=O)CN(CCOC)C(=O)c1nn[nH]n1. The number of carbonyl (C=O) groups excluding carboxylic acids is 2. The topological polar surface area (TPSA) is 110 Å². The van der Waals surface area contributed by atoms with Gasteiger partial charge in [-0.3, -0.25) is 9.59 Å². The van der Waals surface area contributed by atoms with Crippen molar-refractivity contribution in [3.63, 3.8) is 0 Å². The molecule has 1 N–H and O–H groups in total. The third-order valence-electron chi connectivity index (χ3n) is 2.01. The lowest BCUT2D eigenvalue weighted by Crippen LogP contribution is -2.39. The van der Waals surface area contributed by atoms with Gasteiger partial charge >= 0.3 is 5.97 Å². The molecule has 0 saturated carbocycles. The summed E-state index contributed by atoms with van der Waals surface area (Å²) in [4.78, 5) is 24.5. The predicted molar refractivity (Wildman–Crippen MR) is 58.6 cm³/mol. The summed E-state index contributed by atoms with van der Waals surface area (Å²) in [6.45, 7) is 2.31. The van der Waals surface area contributed by atoms with E-state index in [1.807, 2.05) is 0 Å². The van der Waals surface area contributed by atoms with Crippen molar-refractivity contribution in [1.29, 1.82) is 0 Å². The maximum atomic E-state index is 11.9. The van der Waals surface area contributed by atoms with Crippen molar-refractivity contribution in [3.05, 3.63) is 5.82 Å². The molecule has 0 unspecified atom stereocenters. The molecule has 0 aliphatic rings. The van der Waals surface area contributed by atoms with Crippen LogP contribution in [0.5, 0.6) is 0 Å². The monoisotopic (exact) mass is 257 g/mol. The van der Waals surface area contributed by atoms with Crippen molar-refractivity contribution < 1.29 is 19.1 Å². The number of amides is 1. The third kappa shape index (κ3) is 4.09. The van der Waals surface area contributed by atoms with Gasteiger partial charge in [0, 0.05) is 13.7 Å². The quantitative estimate of drug-likeness (QED) is 0.614. The van der Waals surface area contributed by atoms with E-state index >= 15 is 0 Å². The lowest BCUT2D eigenvalue weighted by atomic mass is 10.4. The maximum Gasteiger partial charge on any atom is 0.325 e. The Bertz CT molecular complexity index is 380. The summed E-state index contributed by atoms with van der Waals surface area (Å²) in [6.07, 6.45) is 0. The molecule has 1 aromatic rings. The second-order valence-electron chi connectivity index (χ2n) is 3.26. The molecule has 1 heterocycles. The van der Waals surface area contributed by atoms with E-state index in [-0.39, 0.29) is 25.5 Å². The molecule has 9 heteroatoms. The Kier molecular flexibility index (Phi) is 5.71. The molecule has 0 aliphatic heterocycles. The predicted octanol–water partition coefficient (Wildman–Crippen LogP) is -1.15. The molecule has 0 radical (unpaired) electrons. The fourth-order valence-electron chi connectivity index (χ4n) is 1.21. The van der Waals surface area contributed by atoms with E-state index in [1.165, 1.54) is 12.0 Å². The molecule has 18 heavy (non-hydrogen) atoms. The Labute approximate surface area is 103 Å². The van der Waals surface area contributed by atoms with E-state index in [1.54, 1.807) is 6.92 Å². The minimum absolute atomic E-state index is 0.101. The van der Waals surface area contributed by atoms with Crippen LogP contribution in [0.4, 0.5) is 0 Å². The number of carbonyl (C=O) groups is 2. The van der Waals surface area contributed by atoms with Crippen molar-refractivity contribution in [2.24, 2.45) is 0 Å². The Morgan fingerprint density at radius 1 is 1.44 bits per heavy atom. The van der Waals surface area contributed by atoms with Gasteiger partial charge in [0.1, 0.15) is 6.54 Å². The third-order valence-corrected chi connectivity index (χ3v) is 2.01. The zero-order valence-corrected chi connectivity index (χ0v) is 10.3. The highest BCUT2D eigenvalue weighted by Gasteiger charge is 2.22. The molecule has 0 atom stereocenters. The second-order valence-corrected chi connectivity index (χ2v) is 3.26. The highest BCUT2D eigenvalue weighted by Crippen LogP contribution is 1.98. The number of ether oxygens (including phenoxy) is 2. The lowest BCUT2D eigenvalue weighted by Gasteiger charge is -2.19. The van der Waals surface area contributed by atoms with Gasteiger partial charge in [-0.15, -0.1) is 10.2 Å². The van der Waals surface area contributed by atoms with Crippen LogP contribution in [0.1, 0.15) is 17.5 Å². The molecule has 1 aromatic heterocycles. The van der Waals surface area contributed by atoms with Crippen LogP contribution in [0.3, 0.4) is 0 Å². The van der Waals surface area contributed by atoms with Crippen molar-refractivity contribution in [1.82, 2.24) is 25.5 Å². The van der Waals surface area contributed by atoms with Gasteiger partial charge < -0.3 is 14.4 Å². The first kappa shape index (κ1) is 14.0. The van der Waals surface area contributed by atoms with Crippen LogP contribution in [0.25, 0.3) is 0 Å². The zero-order valence-electron chi connectivity index (χ0n) is 10.3. The Balaban J connectivity index is 2.65. The van der Waals surface area contributed by atoms with E-state index in [4.69, 9.17) is 9.47 Å². The number of nitrogens with one attached hydrogen (secondary N) is 1. The number of aromatic nitrogens is 4. The molecule has 0 saturated heterocycles. The fourth-order valence-corrected chi connectivity index (χ4v) is 1.21. The molecular weight excluding hydrogens is 242 g/mol. The molecule has 100 valence electrons. The standard InChI is InChI=1S/C9H15N5O4/c1-3-18-7(15)6-14(4-5-17-2)9(16)8-10-12-13-11-8/h3-6H2,1-2H3,(H,10,11,12,13).